The van der Waals surface area contributed by atoms with Gasteiger partial charge in [-0.25, -0.2) is 14.5 Å². The van der Waals surface area contributed by atoms with E-state index in [9.17, 15) is 9.18 Å². The number of nitrogens with zero attached hydrogens (tertiary/aromatic N) is 7. The van der Waals surface area contributed by atoms with Gasteiger partial charge in [-0.3, -0.25) is 0 Å². The van der Waals surface area contributed by atoms with Crippen molar-refractivity contribution < 1.29 is 23.4 Å². The zero-order chi connectivity index (χ0) is 33.6. The molecule has 0 spiro atoms. The number of aromatic nitrogens is 3. The fraction of sp³-hybridized carbons (Fsp3) is 0.353. The first-order chi connectivity index (χ1) is 22.5. The smallest absolute Gasteiger partial charge is 0.436 e. The Hall–Kier alpha value is -4.91. The summed E-state index contributed by atoms with van der Waals surface area (Å²) in [5, 5.41) is 8.57. The van der Waals surface area contributed by atoms with Gasteiger partial charge in [-0.15, -0.1) is 5.10 Å². The Morgan fingerprint density at radius 1 is 1.15 bits per heavy atom. The molecule has 5 rings (SSSR count). The van der Waals surface area contributed by atoms with Crippen molar-refractivity contribution in [1.82, 2.24) is 14.8 Å². The number of aliphatic imine (C=N–C) groups is 1. The van der Waals surface area contributed by atoms with Gasteiger partial charge in [0.1, 0.15) is 12.1 Å². The molecule has 0 saturated carbocycles. The molecule has 2 N–H and O–H groups in total. The van der Waals surface area contributed by atoms with Crippen LogP contribution in [0, 0.1) is 6.92 Å². The average Bonchev–Trinajstić information content (AvgIpc) is 3.53. The monoisotopic (exact) mass is 674 g/mol. The van der Waals surface area contributed by atoms with Crippen molar-refractivity contribution in [3.8, 4) is 22.8 Å². The zero-order valence-electron chi connectivity index (χ0n) is 26.5. The lowest BCUT2D eigenvalue weighted by molar-refractivity contribution is -0.0765. The van der Waals surface area contributed by atoms with Crippen LogP contribution in [0.3, 0.4) is 0 Å². The first-order valence-electron chi connectivity index (χ1n) is 14.9. The van der Waals surface area contributed by atoms with Crippen LogP contribution in [-0.4, -0.2) is 50.8 Å². The maximum absolute atomic E-state index is 13.7. The van der Waals surface area contributed by atoms with Crippen LogP contribution < -0.4 is 10.5 Å². The van der Waals surface area contributed by atoms with E-state index in [1.807, 2.05) is 56.3 Å². The lowest BCUT2D eigenvalue weighted by Crippen LogP contribution is -2.43. The van der Waals surface area contributed by atoms with Crippen LogP contribution in [0.15, 0.2) is 83.2 Å². The van der Waals surface area contributed by atoms with Gasteiger partial charge in [-0.05, 0) is 53.4 Å². The Kier molecular flexibility index (Phi) is 11.5. The van der Waals surface area contributed by atoms with Crippen LogP contribution in [0.25, 0.3) is 27.5 Å². The summed E-state index contributed by atoms with van der Waals surface area (Å²) >= 11 is 1.15. The highest BCUT2D eigenvalue weighted by Gasteiger charge is 2.50. The second kappa shape index (κ2) is 15.3. The van der Waals surface area contributed by atoms with Crippen molar-refractivity contribution in [3.63, 3.8) is 0 Å². The minimum Gasteiger partial charge on any atom is -0.459 e. The number of benzene rings is 3. The molecule has 2 atom stereocenters. The normalized spacial score (nSPS) is 16.9. The van der Waals surface area contributed by atoms with E-state index in [0.29, 0.717) is 23.7 Å². The topological polar surface area (TPSA) is 163 Å². The number of halogens is 1. The molecule has 0 fully saturated rings. The number of carbonyl (C=O) groups is 1. The molecule has 1 aromatic heterocycles. The second-order valence-electron chi connectivity index (χ2n) is 11.4. The number of amides is 1. The van der Waals surface area contributed by atoms with Gasteiger partial charge in [0.05, 0.1) is 18.9 Å². The van der Waals surface area contributed by atoms with Gasteiger partial charge in [0.25, 0.3) is 0 Å². The largest absolute Gasteiger partial charge is 0.459 e. The van der Waals surface area contributed by atoms with Gasteiger partial charge in [0.2, 0.25) is 5.85 Å². The maximum atomic E-state index is 13.7. The van der Waals surface area contributed by atoms with Gasteiger partial charge in [-0.2, -0.15) is 9.38 Å². The van der Waals surface area contributed by atoms with E-state index in [-0.39, 0.29) is 31.7 Å². The van der Waals surface area contributed by atoms with Crippen molar-refractivity contribution in [2.45, 2.75) is 59.0 Å². The van der Waals surface area contributed by atoms with Gasteiger partial charge < -0.3 is 19.9 Å². The number of alkyl halides is 1. The van der Waals surface area contributed by atoms with Crippen LogP contribution in [0.4, 0.5) is 9.18 Å². The number of fused-ring (bicyclic) bond motifs is 1. The number of thioether (sulfide) groups is 1. The third-order valence-electron chi connectivity index (χ3n) is 7.48. The van der Waals surface area contributed by atoms with E-state index in [1.165, 1.54) is 13.8 Å². The van der Waals surface area contributed by atoms with E-state index in [4.69, 9.17) is 25.5 Å². The Balaban J connectivity index is 0.00000520. The number of amidine groups is 1. The van der Waals surface area contributed by atoms with Gasteiger partial charge in [0.15, 0.2) is 16.7 Å². The lowest BCUT2D eigenvalue weighted by Gasteiger charge is -2.46. The highest BCUT2D eigenvalue weighted by molar-refractivity contribution is 8.13. The molecule has 0 saturated heterocycles. The van der Waals surface area contributed by atoms with Crippen LogP contribution in [-0.2, 0) is 21.6 Å². The summed E-state index contributed by atoms with van der Waals surface area (Å²) in [5.74, 6) is -0.493. The molecular formula is C34H39FN8O4S. The first kappa shape index (κ1) is 35.9. The Bertz CT molecular complexity index is 1800. The van der Waals surface area contributed by atoms with Crippen molar-refractivity contribution in [3.05, 3.63) is 106 Å². The highest BCUT2D eigenvalue weighted by atomic mass is 32.2. The molecule has 4 aromatic rings. The lowest BCUT2D eigenvalue weighted by atomic mass is 9.70. The van der Waals surface area contributed by atoms with E-state index >= 15 is 0 Å². The molecule has 14 heteroatoms. The second-order valence-corrected chi connectivity index (χ2v) is 12.5. The zero-order valence-corrected chi connectivity index (χ0v) is 27.3. The van der Waals surface area contributed by atoms with Gasteiger partial charge >= 0.3 is 6.09 Å². The van der Waals surface area contributed by atoms with E-state index in [2.05, 4.69) is 25.1 Å². The van der Waals surface area contributed by atoms with Crippen LogP contribution in [0.2, 0.25) is 0 Å². The van der Waals surface area contributed by atoms with Gasteiger partial charge in [-0.1, -0.05) is 79.3 Å². The Morgan fingerprint density at radius 3 is 2.56 bits per heavy atom. The summed E-state index contributed by atoms with van der Waals surface area (Å²) in [6.45, 7) is 6.98. The summed E-state index contributed by atoms with van der Waals surface area (Å²) < 4.78 is 31.9. The van der Waals surface area contributed by atoms with Crippen LogP contribution in [0.5, 0.6) is 5.75 Å². The SMILES string of the molecule is C.Cc1ccc2c(c1)C(N=[N+]=[N-])(OCCS/C(N)=N\C(=O)OCCc1ccc(-c3ncn(-c4ccc(OC(C)(C)F)cc4)n3)cc1)C2C. The highest BCUT2D eigenvalue weighted by Crippen LogP contribution is 2.53. The third-order valence-corrected chi connectivity index (χ3v) is 8.24. The summed E-state index contributed by atoms with van der Waals surface area (Å²) in [5.41, 5.74) is 19.6. The number of hydrogen-bond donors (Lipinski definition) is 1. The first-order valence-corrected chi connectivity index (χ1v) is 15.9. The molecule has 3 aromatic carbocycles. The molecule has 1 amide bonds. The molecular weight excluding hydrogens is 635 g/mol. The quantitative estimate of drug-likeness (QED) is 0.0395. The molecule has 2 unspecified atom stereocenters. The molecule has 1 heterocycles. The van der Waals surface area contributed by atoms with Gasteiger partial charge in [0, 0.05) is 42.4 Å². The van der Waals surface area contributed by atoms with E-state index in [1.54, 1.807) is 35.3 Å². The Morgan fingerprint density at radius 2 is 1.88 bits per heavy atom. The van der Waals surface area contributed by atoms with Crippen LogP contribution >= 0.6 is 11.8 Å². The molecule has 252 valence electrons. The third kappa shape index (κ3) is 8.51. The molecule has 12 nitrogen and oxygen atoms in total. The number of azide groups is 1. The van der Waals surface area contributed by atoms with Crippen molar-refractivity contribution in [2.75, 3.05) is 19.0 Å². The number of hydrogen-bond acceptors (Lipinski definition) is 8. The summed E-state index contributed by atoms with van der Waals surface area (Å²) in [6.07, 6.45) is 1.30. The molecule has 48 heavy (non-hydrogen) atoms. The summed E-state index contributed by atoms with van der Waals surface area (Å²) in [4.78, 5) is 23.4. The molecule has 1 aliphatic rings. The molecule has 1 aliphatic carbocycles. The Labute approximate surface area is 283 Å². The standard InChI is InChI=1S/C33H35FN8O4S.CH4/c1-21-5-14-27-22(2)33(40-41-36,28(27)19-21)45-17-18-47-30(35)38-31(43)44-16-15-23-6-8-24(9-7-23)29-37-20-42(39-29)25-10-12-26(13-11-25)46-32(3,4)34;/h5-14,19-20,22H,15-18H2,1-4H3,(H2,35,38,43);1H4. The van der Waals surface area contributed by atoms with Crippen molar-refractivity contribution in [1.29, 1.82) is 0 Å². The van der Waals surface area contributed by atoms with E-state index < -0.39 is 17.7 Å². The minimum atomic E-state index is -1.77. The average molecular weight is 675 g/mol. The fourth-order valence-corrected chi connectivity index (χ4v) is 5.72. The van der Waals surface area contributed by atoms with Crippen molar-refractivity contribution in [2.24, 2.45) is 15.8 Å². The molecule has 0 radical (unpaired) electrons. The number of nitrogens with two attached hydrogens (primary N) is 1. The summed E-state index contributed by atoms with van der Waals surface area (Å²) in [7, 11) is 0. The number of rotatable bonds is 12. The predicted molar refractivity (Wildman–Crippen MR) is 185 cm³/mol. The fourth-order valence-electron chi connectivity index (χ4n) is 5.20. The van der Waals surface area contributed by atoms with Crippen molar-refractivity contribution >= 4 is 23.0 Å². The number of carbonyl (C=O) groups excluding carboxylic acids is 1. The molecule has 0 aliphatic heterocycles. The number of ether oxygens (including phenoxy) is 3. The maximum Gasteiger partial charge on any atom is 0.436 e. The molecule has 0 bridgehead atoms. The summed E-state index contributed by atoms with van der Waals surface area (Å²) in [6, 6.07) is 20.5. The predicted octanol–water partition coefficient (Wildman–Crippen LogP) is 7.99. The van der Waals surface area contributed by atoms with Crippen LogP contribution in [0.1, 0.15) is 56.4 Å². The minimum absolute atomic E-state index is 0. The van der Waals surface area contributed by atoms with E-state index in [0.717, 1.165) is 45.3 Å². The number of aryl methyl sites for hydroxylation is 1.